The number of furan rings is 1. The quantitative estimate of drug-likeness (QED) is 0.835. The van der Waals surface area contributed by atoms with Gasteiger partial charge in [0.15, 0.2) is 0 Å². The van der Waals surface area contributed by atoms with E-state index < -0.39 is 5.76 Å². The van der Waals surface area contributed by atoms with Crippen LogP contribution in [-0.4, -0.2) is 15.5 Å². The largest absolute Gasteiger partial charge is 0.464 e. The fourth-order valence-electron chi connectivity index (χ4n) is 2.51. The lowest BCUT2D eigenvalue weighted by atomic mass is 10.1. The van der Waals surface area contributed by atoms with Crippen molar-refractivity contribution in [2.24, 2.45) is 7.05 Å². The molecular formula is C15H21F2N3OS. The van der Waals surface area contributed by atoms with E-state index >= 15 is 0 Å². The highest BCUT2D eigenvalue weighted by Crippen LogP contribution is 2.23. The summed E-state index contributed by atoms with van der Waals surface area (Å²) in [4.78, 5) is 0. The molecule has 0 aromatic carbocycles. The van der Waals surface area contributed by atoms with Crippen molar-refractivity contribution in [2.45, 2.75) is 44.9 Å². The maximum atomic E-state index is 12.1. The summed E-state index contributed by atoms with van der Waals surface area (Å²) in [7, 11) is 1.93. The Morgan fingerprint density at radius 1 is 1.32 bits per heavy atom. The molecule has 0 radical (unpaired) electrons. The second-order valence-electron chi connectivity index (χ2n) is 5.25. The summed E-state index contributed by atoms with van der Waals surface area (Å²) in [5.74, 6) is -0.865. The molecular weight excluding hydrogens is 308 g/mol. The summed E-state index contributed by atoms with van der Waals surface area (Å²) >= 11 is 0.567. The summed E-state index contributed by atoms with van der Waals surface area (Å²) in [5.41, 5.74) is 3.32. The van der Waals surface area contributed by atoms with Gasteiger partial charge in [-0.1, -0.05) is 11.8 Å². The molecule has 7 heteroatoms. The number of nitrogens with one attached hydrogen (secondary N) is 1. The Labute approximate surface area is 133 Å². The average Bonchev–Trinajstić information content (AvgIpc) is 2.99. The van der Waals surface area contributed by atoms with E-state index in [4.69, 9.17) is 4.42 Å². The van der Waals surface area contributed by atoms with E-state index in [1.165, 1.54) is 5.56 Å². The Balaban J connectivity index is 1.92. The third kappa shape index (κ3) is 4.10. The highest BCUT2D eigenvalue weighted by atomic mass is 32.2. The van der Waals surface area contributed by atoms with Crippen LogP contribution in [0.3, 0.4) is 0 Å². The number of nitrogens with zero attached hydrogens (tertiary/aromatic N) is 2. The minimum atomic E-state index is -2.37. The molecule has 1 atom stereocenters. The van der Waals surface area contributed by atoms with Crippen molar-refractivity contribution in [2.75, 3.05) is 0 Å². The molecule has 0 aliphatic heterocycles. The van der Waals surface area contributed by atoms with E-state index in [0.717, 1.165) is 17.1 Å². The van der Waals surface area contributed by atoms with Gasteiger partial charge in [-0.25, -0.2) is 0 Å². The van der Waals surface area contributed by atoms with Gasteiger partial charge >= 0.3 is 0 Å². The lowest BCUT2D eigenvalue weighted by molar-refractivity contribution is 0.251. The maximum absolute atomic E-state index is 12.1. The van der Waals surface area contributed by atoms with Crippen LogP contribution in [0.25, 0.3) is 0 Å². The highest BCUT2D eigenvalue weighted by molar-refractivity contribution is 7.98. The number of hydrogen-bond acceptors (Lipinski definition) is 4. The van der Waals surface area contributed by atoms with Gasteiger partial charge in [0.25, 0.3) is 5.76 Å². The molecule has 0 bridgehead atoms. The first kappa shape index (κ1) is 17.0. The van der Waals surface area contributed by atoms with Gasteiger partial charge in [0.1, 0.15) is 11.5 Å². The van der Waals surface area contributed by atoms with Crippen molar-refractivity contribution >= 4 is 11.8 Å². The number of hydrogen-bond donors (Lipinski definition) is 1. The fourth-order valence-corrected chi connectivity index (χ4v) is 2.96. The smallest absolute Gasteiger partial charge is 0.284 e. The summed E-state index contributed by atoms with van der Waals surface area (Å²) < 4.78 is 31.7. The zero-order chi connectivity index (χ0) is 16.3. The van der Waals surface area contributed by atoms with Crippen molar-refractivity contribution in [1.82, 2.24) is 15.1 Å². The normalized spacial score (nSPS) is 13.0. The van der Waals surface area contributed by atoms with Crippen molar-refractivity contribution in [3.8, 4) is 0 Å². The molecule has 2 rings (SSSR count). The van der Waals surface area contributed by atoms with Gasteiger partial charge in [-0.15, -0.1) is 0 Å². The molecule has 0 saturated heterocycles. The zero-order valence-corrected chi connectivity index (χ0v) is 14.0. The molecule has 0 amide bonds. The zero-order valence-electron chi connectivity index (χ0n) is 13.2. The van der Waals surface area contributed by atoms with Gasteiger partial charge in [0.05, 0.1) is 18.0 Å². The van der Waals surface area contributed by atoms with Crippen LogP contribution in [0.5, 0.6) is 0 Å². The third-order valence-corrected chi connectivity index (χ3v) is 4.35. The number of aryl methyl sites for hydroxylation is 2. The van der Waals surface area contributed by atoms with Crippen LogP contribution in [0.4, 0.5) is 8.78 Å². The van der Waals surface area contributed by atoms with Crippen molar-refractivity contribution in [3.63, 3.8) is 0 Å². The van der Waals surface area contributed by atoms with Crippen LogP contribution in [0.2, 0.25) is 0 Å². The van der Waals surface area contributed by atoms with Gasteiger partial charge in [-0.2, -0.15) is 13.9 Å². The van der Waals surface area contributed by atoms with E-state index in [-0.39, 0.29) is 11.8 Å². The van der Waals surface area contributed by atoms with Crippen LogP contribution in [0.1, 0.15) is 41.4 Å². The molecule has 122 valence electrons. The second kappa shape index (κ2) is 7.28. The number of alkyl halides is 2. The van der Waals surface area contributed by atoms with Crippen LogP contribution in [0.15, 0.2) is 16.5 Å². The Morgan fingerprint density at radius 2 is 2.00 bits per heavy atom. The lowest BCUT2D eigenvalue weighted by Gasteiger charge is -2.13. The second-order valence-corrected chi connectivity index (χ2v) is 6.23. The van der Waals surface area contributed by atoms with E-state index in [1.807, 2.05) is 31.6 Å². The molecule has 0 spiro atoms. The van der Waals surface area contributed by atoms with Crippen molar-refractivity contribution in [3.05, 3.63) is 40.6 Å². The van der Waals surface area contributed by atoms with Gasteiger partial charge < -0.3 is 9.73 Å². The van der Waals surface area contributed by atoms with Crippen molar-refractivity contribution in [1.29, 1.82) is 0 Å². The Kier molecular flexibility index (Phi) is 5.63. The van der Waals surface area contributed by atoms with Crippen molar-refractivity contribution < 1.29 is 13.2 Å². The minimum Gasteiger partial charge on any atom is -0.464 e. The first-order valence-corrected chi connectivity index (χ1v) is 8.14. The molecule has 1 N–H and O–H groups in total. The van der Waals surface area contributed by atoms with Gasteiger partial charge in [0.2, 0.25) is 0 Å². The summed E-state index contributed by atoms with van der Waals surface area (Å²) in [6.07, 6.45) is 0. The van der Waals surface area contributed by atoms with Gasteiger partial charge in [-0.05, 0) is 32.9 Å². The molecule has 0 aliphatic rings. The molecule has 0 aliphatic carbocycles. The first-order valence-electron chi connectivity index (χ1n) is 7.09. The van der Waals surface area contributed by atoms with Crippen LogP contribution in [0, 0.1) is 13.8 Å². The number of aromatic nitrogens is 2. The maximum Gasteiger partial charge on any atom is 0.284 e. The van der Waals surface area contributed by atoms with Crippen LogP contribution in [-0.2, 0) is 19.3 Å². The third-order valence-electron chi connectivity index (χ3n) is 3.65. The van der Waals surface area contributed by atoms with Crippen LogP contribution < -0.4 is 5.32 Å². The van der Waals surface area contributed by atoms with Crippen LogP contribution >= 0.6 is 11.8 Å². The van der Waals surface area contributed by atoms with Gasteiger partial charge in [0, 0.05) is 24.3 Å². The SMILES string of the molecule is Cc1nn(C)c(C)c1[C@H](C)NCc1ccc(CSC(F)F)o1. The summed E-state index contributed by atoms with van der Waals surface area (Å²) in [6.45, 7) is 6.66. The van der Waals surface area contributed by atoms with E-state index in [9.17, 15) is 8.78 Å². The predicted molar refractivity (Wildman–Crippen MR) is 83.9 cm³/mol. The Hall–Kier alpha value is -1.34. The predicted octanol–water partition coefficient (Wildman–Crippen LogP) is 3.94. The standard InChI is InChI=1S/C15H21F2N3OS/c1-9(14-10(2)19-20(4)11(14)3)18-7-12-5-6-13(21-12)8-22-15(16)17/h5-6,9,15,18H,7-8H2,1-4H3/t9-/m0/s1. The molecule has 0 saturated carbocycles. The molecule has 2 aromatic rings. The molecule has 0 fully saturated rings. The Morgan fingerprint density at radius 3 is 2.59 bits per heavy atom. The summed E-state index contributed by atoms with van der Waals surface area (Å²) in [5, 5.41) is 7.80. The number of thioether (sulfide) groups is 1. The molecule has 4 nitrogen and oxygen atoms in total. The number of halogens is 2. The molecule has 2 heterocycles. The average molecular weight is 329 g/mol. The molecule has 0 unspecified atom stereocenters. The monoisotopic (exact) mass is 329 g/mol. The van der Waals surface area contributed by atoms with E-state index in [2.05, 4.69) is 17.3 Å². The first-order chi connectivity index (χ1) is 10.4. The summed E-state index contributed by atoms with van der Waals surface area (Å²) in [6, 6.07) is 3.71. The highest BCUT2D eigenvalue weighted by Gasteiger charge is 2.16. The fraction of sp³-hybridized carbons (Fsp3) is 0.533. The van der Waals surface area contributed by atoms with E-state index in [1.54, 1.807) is 6.07 Å². The molecule has 2 aromatic heterocycles. The minimum absolute atomic E-state index is 0.137. The van der Waals surface area contributed by atoms with E-state index in [0.29, 0.717) is 24.1 Å². The number of rotatable bonds is 7. The Bertz CT molecular complexity index is 624. The lowest BCUT2D eigenvalue weighted by Crippen LogP contribution is -2.19. The topological polar surface area (TPSA) is 43.0 Å². The van der Waals surface area contributed by atoms with Gasteiger partial charge in [-0.3, -0.25) is 4.68 Å². The molecule has 22 heavy (non-hydrogen) atoms.